The quantitative estimate of drug-likeness (QED) is 0.345. The van der Waals surface area contributed by atoms with Gasteiger partial charge in [0, 0.05) is 5.02 Å². The Morgan fingerprint density at radius 3 is 2.59 bits per heavy atom. The van der Waals surface area contributed by atoms with Crippen LogP contribution in [0.2, 0.25) is 5.02 Å². The number of thioether (sulfide) groups is 1. The standard InChI is InChI=1S/C23H16ClNO2S2/c24-18-9-5-10-19(14-18)25-22(26)21(29-23(25)28)13-17-8-4-11-20(12-17)27-15-16-6-2-1-3-7-16/h1-14H,15H2/b21-13+. The molecular formula is C23H16ClNO2S2. The van der Waals surface area contributed by atoms with Crippen molar-refractivity contribution in [3.8, 4) is 5.75 Å². The number of hydrogen-bond donors (Lipinski definition) is 0. The monoisotopic (exact) mass is 437 g/mol. The van der Waals surface area contributed by atoms with Crippen LogP contribution in [0.1, 0.15) is 11.1 Å². The third-order valence-corrected chi connectivity index (χ3v) is 5.80. The lowest BCUT2D eigenvalue weighted by Crippen LogP contribution is -2.27. The molecule has 0 unspecified atom stereocenters. The third-order valence-electron chi connectivity index (χ3n) is 4.26. The second-order valence-electron chi connectivity index (χ2n) is 6.34. The SMILES string of the molecule is O=C1/C(=C\c2cccc(OCc3ccccc3)c2)SC(=S)N1c1cccc(Cl)c1. The highest BCUT2D eigenvalue weighted by atomic mass is 35.5. The van der Waals surface area contributed by atoms with E-state index in [9.17, 15) is 4.79 Å². The number of halogens is 1. The Hall–Kier alpha value is -2.60. The van der Waals surface area contributed by atoms with E-state index >= 15 is 0 Å². The molecular weight excluding hydrogens is 422 g/mol. The van der Waals surface area contributed by atoms with Crippen molar-refractivity contribution in [2.45, 2.75) is 6.61 Å². The van der Waals surface area contributed by atoms with Crippen molar-refractivity contribution in [3.63, 3.8) is 0 Å². The number of anilines is 1. The fraction of sp³-hybridized carbons (Fsp3) is 0.0435. The summed E-state index contributed by atoms with van der Waals surface area (Å²) >= 11 is 12.8. The average Bonchev–Trinajstić information content (AvgIpc) is 3.00. The second kappa shape index (κ2) is 8.82. The molecule has 3 aromatic carbocycles. The van der Waals surface area contributed by atoms with E-state index in [0.717, 1.165) is 16.9 Å². The molecule has 0 radical (unpaired) electrons. The largest absolute Gasteiger partial charge is 0.489 e. The Bertz CT molecular complexity index is 1100. The molecule has 0 atom stereocenters. The van der Waals surface area contributed by atoms with Gasteiger partial charge in [0.05, 0.1) is 10.6 Å². The summed E-state index contributed by atoms with van der Waals surface area (Å²) < 4.78 is 6.36. The van der Waals surface area contributed by atoms with Crippen molar-refractivity contribution in [2.75, 3.05) is 4.90 Å². The molecule has 4 rings (SSSR count). The molecule has 3 aromatic rings. The van der Waals surface area contributed by atoms with E-state index in [2.05, 4.69) is 0 Å². The van der Waals surface area contributed by atoms with E-state index in [1.165, 1.54) is 16.7 Å². The van der Waals surface area contributed by atoms with Crippen molar-refractivity contribution in [1.82, 2.24) is 0 Å². The van der Waals surface area contributed by atoms with E-state index in [4.69, 9.17) is 28.6 Å². The number of ether oxygens (including phenoxy) is 1. The zero-order chi connectivity index (χ0) is 20.2. The van der Waals surface area contributed by atoms with Crippen LogP contribution in [0.3, 0.4) is 0 Å². The third kappa shape index (κ3) is 4.70. The number of amides is 1. The maximum absolute atomic E-state index is 12.9. The van der Waals surface area contributed by atoms with Crippen molar-refractivity contribution >= 4 is 57.6 Å². The van der Waals surface area contributed by atoms with Crippen LogP contribution in [-0.4, -0.2) is 10.2 Å². The maximum Gasteiger partial charge on any atom is 0.270 e. The lowest BCUT2D eigenvalue weighted by atomic mass is 10.2. The van der Waals surface area contributed by atoms with Gasteiger partial charge in [0.2, 0.25) is 0 Å². The predicted octanol–water partition coefficient (Wildman–Crippen LogP) is 6.32. The van der Waals surface area contributed by atoms with Gasteiger partial charge >= 0.3 is 0 Å². The lowest BCUT2D eigenvalue weighted by Gasteiger charge is -2.14. The van der Waals surface area contributed by atoms with Crippen LogP contribution >= 0.6 is 35.6 Å². The molecule has 3 nitrogen and oxygen atoms in total. The number of hydrogen-bond acceptors (Lipinski definition) is 4. The number of carbonyl (C=O) groups excluding carboxylic acids is 1. The van der Waals surface area contributed by atoms with Crippen LogP contribution in [0, 0.1) is 0 Å². The summed E-state index contributed by atoms with van der Waals surface area (Å²) in [5.74, 6) is 0.589. The first-order chi connectivity index (χ1) is 14.1. The summed E-state index contributed by atoms with van der Waals surface area (Å²) in [5, 5.41) is 0.559. The summed E-state index contributed by atoms with van der Waals surface area (Å²) in [7, 11) is 0. The number of benzene rings is 3. The Balaban J connectivity index is 1.52. The van der Waals surface area contributed by atoms with Gasteiger partial charge in [0.15, 0.2) is 4.32 Å². The number of carbonyl (C=O) groups is 1. The van der Waals surface area contributed by atoms with Gasteiger partial charge in [-0.25, -0.2) is 0 Å². The topological polar surface area (TPSA) is 29.5 Å². The predicted molar refractivity (Wildman–Crippen MR) is 124 cm³/mol. The highest BCUT2D eigenvalue weighted by molar-refractivity contribution is 8.27. The minimum atomic E-state index is -0.155. The smallest absolute Gasteiger partial charge is 0.270 e. The van der Waals surface area contributed by atoms with Crippen molar-refractivity contribution in [3.05, 3.63) is 99.9 Å². The molecule has 1 aliphatic heterocycles. The fourth-order valence-electron chi connectivity index (χ4n) is 2.89. The van der Waals surface area contributed by atoms with Gasteiger partial charge in [-0.15, -0.1) is 0 Å². The molecule has 6 heteroatoms. The van der Waals surface area contributed by atoms with Crippen LogP contribution < -0.4 is 9.64 Å². The minimum Gasteiger partial charge on any atom is -0.489 e. The lowest BCUT2D eigenvalue weighted by molar-refractivity contribution is -0.113. The molecule has 0 spiro atoms. The number of thiocarbonyl (C=S) groups is 1. The molecule has 144 valence electrons. The second-order valence-corrected chi connectivity index (χ2v) is 8.46. The summed E-state index contributed by atoms with van der Waals surface area (Å²) in [4.78, 5) is 15.0. The molecule has 1 heterocycles. The van der Waals surface area contributed by atoms with E-state index in [-0.39, 0.29) is 5.91 Å². The van der Waals surface area contributed by atoms with E-state index in [1.54, 1.807) is 18.2 Å². The van der Waals surface area contributed by atoms with Gasteiger partial charge in [-0.2, -0.15) is 0 Å². The van der Waals surface area contributed by atoms with Crippen molar-refractivity contribution < 1.29 is 9.53 Å². The highest BCUT2D eigenvalue weighted by Gasteiger charge is 2.33. The van der Waals surface area contributed by atoms with Gasteiger partial charge in [-0.05, 0) is 47.5 Å². The van der Waals surface area contributed by atoms with Crippen LogP contribution in [0.5, 0.6) is 5.75 Å². The molecule has 0 bridgehead atoms. The van der Waals surface area contributed by atoms with E-state index in [0.29, 0.717) is 26.5 Å². The first-order valence-corrected chi connectivity index (χ1v) is 10.5. The van der Waals surface area contributed by atoms with Gasteiger partial charge < -0.3 is 4.74 Å². The first kappa shape index (κ1) is 19.7. The average molecular weight is 438 g/mol. The summed E-state index contributed by atoms with van der Waals surface area (Å²) in [6, 6.07) is 24.7. The molecule has 1 saturated heterocycles. The Morgan fingerprint density at radius 2 is 1.79 bits per heavy atom. The summed E-state index contributed by atoms with van der Waals surface area (Å²) in [6.45, 7) is 0.487. The molecule has 0 aromatic heterocycles. The Morgan fingerprint density at radius 1 is 1.00 bits per heavy atom. The van der Waals surface area contributed by atoms with Gasteiger partial charge in [0.25, 0.3) is 5.91 Å². The van der Waals surface area contributed by atoms with Gasteiger partial charge in [-0.1, -0.05) is 84.1 Å². The van der Waals surface area contributed by atoms with Crippen LogP contribution in [-0.2, 0) is 11.4 Å². The van der Waals surface area contributed by atoms with Crippen LogP contribution in [0.25, 0.3) is 6.08 Å². The summed E-state index contributed by atoms with van der Waals surface area (Å²) in [5.41, 5.74) is 2.64. The maximum atomic E-state index is 12.9. The molecule has 29 heavy (non-hydrogen) atoms. The molecule has 0 saturated carbocycles. The van der Waals surface area contributed by atoms with E-state index < -0.39 is 0 Å². The van der Waals surface area contributed by atoms with Gasteiger partial charge in [-0.3, -0.25) is 9.69 Å². The van der Waals surface area contributed by atoms with E-state index in [1.807, 2.05) is 66.7 Å². The van der Waals surface area contributed by atoms with Crippen LogP contribution in [0.15, 0.2) is 83.8 Å². The van der Waals surface area contributed by atoms with Crippen LogP contribution in [0.4, 0.5) is 5.69 Å². The highest BCUT2D eigenvalue weighted by Crippen LogP contribution is 2.36. The molecule has 1 fully saturated rings. The first-order valence-electron chi connectivity index (χ1n) is 8.90. The molecule has 0 N–H and O–H groups in total. The van der Waals surface area contributed by atoms with Crippen molar-refractivity contribution in [1.29, 1.82) is 0 Å². The number of nitrogens with zero attached hydrogens (tertiary/aromatic N) is 1. The molecule has 1 aliphatic rings. The number of rotatable bonds is 5. The normalized spacial score (nSPS) is 15.2. The minimum absolute atomic E-state index is 0.155. The fourth-order valence-corrected chi connectivity index (χ4v) is 4.38. The zero-order valence-corrected chi connectivity index (χ0v) is 17.6. The summed E-state index contributed by atoms with van der Waals surface area (Å²) in [6.07, 6.45) is 1.83. The van der Waals surface area contributed by atoms with Crippen molar-refractivity contribution in [2.24, 2.45) is 0 Å². The Labute approximate surface area is 183 Å². The van der Waals surface area contributed by atoms with Gasteiger partial charge in [0.1, 0.15) is 12.4 Å². The Kier molecular flexibility index (Phi) is 6.00. The molecule has 1 amide bonds. The molecule has 0 aliphatic carbocycles. The zero-order valence-electron chi connectivity index (χ0n) is 15.2.